The topological polar surface area (TPSA) is 23.6 Å². The fourth-order valence-corrected chi connectivity index (χ4v) is 3.48. The second-order valence-electron chi connectivity index (χ2n) is 5.92. The molecule has 0 aromatic heterocycles. The maximum absolute atomic E-state index is 13.0. The van der Waals surface area contributed by atoms with Crippen LogP contribution in [0.25, 0.3) is 5.57 Å². The van der Waals surface area contributed by atoms with Crippen molar-refractivity contribution in [3.63, 3.8) is 0 Å². The third-order valence-electron chi connectivity index (χ3n) is 4.39. The largest absolute Gasteiger partial charge is 0.377 e. The van der Waals surface area contributed by atoms with E-state index in [0.717, 1.165) is 35.6 Å². The maximum atomic E-state index is 13.0. The summed E-state index contributed by atoms with van der Waals surface area (Å²) < 4.78 is 0. The van der Waals surface area contributed by atoms with E-state index < -0.39 is 0 Å². The van der Waals surface area contributed by atoms with Crippen molar-refractivity contribution in [2.24, 2.45) is 0 Å². The number of rotatable bonds is 2. The summed E-state index contributed by atoms with van der Waals surface area (Å²) in [6.07, 6.45) is 4.41. The number of hydrogen-bond acceptors (Lipinski definition) is 2. The summed E-state index contributed by atoms with van der Waals surface area (Å²) >= 11 is 6.11. The second-order valence-corrected chi connectivity index (χ2v) is 6.36. The van der Waals surface area contributed by atoms with Crippen LogP contribution in [-0.2, 0) is 4.79 Å². The molecule has 2 aromatic rings. The third-order valence-corrected chi connectivity index (χ3v) is 4.62. The molecule has 23 heavy (non-hydrogen) atoms. The van der Waals surface area contributed by atoms with E-state index in [1.165, 1.54) is 12.8 Å². The predicted molar refractivity (Wildman–Crippen MR) is 93.8 cm³/mol. The molecular weight excluding hydrogens is 308 g/mol. The lowest BCUT2D eigenvalue weighted by molar-refractivity contribution is -0.112. The molecule has 0 saturated carbocycles. The summed E-state index contributed by atoms with van der Waals surface area (Å²) in [6, 6.07) is 15.4. The Morgan fingerprint density at radius 2 is 1.78 bits per heavy atom. The number of fused-ring (bicyclic) bond motifs is 1. The average Bonchev–Trinajstić information content (AvgIpc) is 3.15. The van der Waals surface area contributed by atoms with Gasteiger partial charge in [-0.1, -0.05) is 35.9 Å². The van der Waals surface area contributed by atoms with Crippen molar-refractivity contribution in [3.05, 3.63) is 65.3 Å². The summed E-state index contributed by atoms with van der Waals surface area (Å²) in [5, 5.41) is 0.629. The zero-order valence-corrected chi connectivity index (χ0v) is 13.5. The van der Waals surface area contributed by atoms with E-state index in [0.29, 0.717) is 5.02 Å². The SMILES string of the molecule is O=C1C(=CN2CCCC2)c2ccccc2N1c1cccc(Cl)c1. The Balaban J connectivity index is 1.81. The minimum atomic E-state index is 0.0142. The molecule has 2 aromatic carbocycles. The molecule has 0 N–H and O–H groups in total. The molecule has 0 spiro atoms. The molecule has 2 heterocycles. The predicted octanol–water partition coefficient (Wildman–Crippen LogP) is 4.46. The Hall–Kier alpha value is -2.26. The molecule has 1 fully saturated rings. The van der Waals surface area contributed by atoms with Crippen molar-refractivity contribution in [3.8, 4) is 0 Å². The first-order valence-corrected chi connectivity index (χ1v) is 8.27. The van der Waals surface area contributed by atoms with Crippen LogP contribution in [0.3, 0.4) is 0 Å². The number of halogens is 1. The van der Waals surface area contributed by atoms with Crippen molar-refractivity contribution in [1.82, 2.24) is 4.90 Å². The number of para-hydroxylation sites is 1. The van der Waals surface area contributed by atoms with Crippen LogP contribution in [0.5, 0.6) is 0 Å². The van der Waals surface area contributed by atoms with Crippen molar-refractivity contribution in [1.29, 1.82) is 0 Å². The normalized spacial score (nSPS) is 18.8. The standard InChI is InChI=1S/C19H17ClN2O/c20-14-6-5-7-15(12-14)22-18-9-2-1-8-16(18)17(19(22)23)13-21-10-3-4-11-21/h1-2,5-9,12-13H,3-4,10-11H2. The minimum Gasteiger partial charge on any atom is -0.377 e. The number of anilines is 2. The van der Waals surface area contributed by atoms with Gasteiger partial charge >= 0.3 is 0 Å². The van der Waals surface area contributed by atoms with E-state index in [-0.39, 0.29) is 5.91 Å². The highest BCUT2D eigenvalue weighted by Gasteiger charge is 2.33. The van der Waals surface area contributed by atoms with Gasteiger partial charge in [-0.05, 0) is 37.1 Å². The molecule has 2 aliphatic rings. The van der Waals surface area contributed by atoms with E-state index in [9.17, 15) is 4.79 Å². The van der Waals surface area contributed by atoms with Gasteiger partial charge in [0.25, 0.3) is 5.91 Å². The van der Waals surface area contributed by atoms with Gasteiger partial charge < -0.3 is 4.90 Å². The number of benzene rings is 2. The molecule has 3 nitrogen and oxygen atoms in total. The number of carbonyl (C=O) groups excluding carboxylic acids is 1. The van der Waals surface area contributed by atoms with E-state index in [2.05, 4.69) is 4.90 Å². The maximum Gasteiger partial charge on any atom is 0.265 e. The van der Waals surface area contributed by atoms with Crippen LogP contribution in [0.1, 0.15) is 18.4 Å². The smallest absolute Gasteiger partial charge is 0.265 e. The highest BCUT2D eigenvalue weighted by Crippen LogP contribution is 2.42. The van der Waals surface area contributed by atoms with Gasteiger partial charge in [0, 0.05) is 29.9 Å². The molecule has 2 aliphatic heterocycles. The number of amides is 1. The molecule has 0 bridgehead atoms. The van der Waals surface area contributed by atoms with Crippen LogP contribution in [0.2, 0.25) is 5.02 Å². The summed E-state index contributed by atoms with van der Waals surface area (Å²) in [6.45, 7) is 2.05. The van der Waals surface area contributed by atoms with Crippen molar-refractivity contribution >= 4 is 34.5 Å². The van der Waals surface area contributed by atoms with Gasteiger partial charge in [0.05, 0.1) is 16.9 Å². The quantitative estimate of drug-likeness (QED) is 0.762. The third kappa shape index (κ3) is 2.51. The number of nitrogens with zero attached hydrogens (tertiary/aromatic N) is 2. The molecule has 0 radical (unpaired) electrons. The first-order chi connectivity index (χ1) is 11.2. The molecule has 0 aliphatic carbocycles. The first-order valence-electron chi connectivity index (χ1n) is 7.89. The first kappa shape index (κ1) is 14.3. The Morgan fingerprint density at radius 3 is 2.57 bits per heavy atom. The van der Waals surface area contributed by atoms with E-state index >= 15 is 0 Å². The fourth-order valence-electron chi connectivity index (χ4n) is 3.29. The van der Waals surface area contributed by atoms with Crippen LogP contribution < -0.4 is 4.90 Å². The van der Waals surface area contributed by atoms with Gasteiger partial charge in [0.15, 0.2) is 0 Å². The molecule has 1 amide bonds. The number of hydrogen-bond donors (Lipinski definition) is 0. The lowest BCUT2D eigenvalue weighted by Gasteiger charge is -2.17. The van der Waals surface area contributed by atoms with Gasteiger partial charge in [-0.25, -0.2) is 0 Å². The van der Waals surface area contributed by atoms with Crippen molar-refractivity contribution in [2.75, 3.05) is 18.0 Å². The average molecular weight is 325 g/mol. The Labute approximate surface area is 140 Å². The van der Waals surface area contributed by atoms with Crippen LogP contribution >= 0.6 is 11.6 Å². The monoisotopic (exact) mass is 324 g/mol. The fraction of sp³-hybridized carbons (Fsp3) is 0.211. The molecular formula is C19H17ClN2O. The summed E-state index contributed by atoms with van der Waals surface area (Å²) in [5.74, 6) is 0.0142. The molecule has 4 heteroatoms. The second kappa shape index (κ2) is 5.74. The van der Waals surface area contributed by atoms with E-state index in [1.807, 2.05) is 54.7 Å². The highest BCUT2D eigenvalue weighted by molar-refractivity contribution is 6.35. The zero-order valence-electron chi connectivity index (χ0n) is 12.7. The van der Waals surface area contributed by atoms with Crippen LogP contribution in [0.4, 0.5) is 11.4 Å². The van der Waals surface area contributed by atoms with Gasteiger partial charge in [-0.2, -0.15) is 0 Å². The molecule has 1 saturated heterocycles. The van der Waals surface area contributed by atoms with Gasteiger partial charge in [-0.15, -0.1) is 0 Å². The van der Waals surface area contributed by atoms with E-state index in [4.69, 9.17) is 11.6 Å². The van der Waals surface area contributed by atoms with Gasteiger partial charge in [0.2, 0.25) is 0 Å². The summed E-state index contributed by atoms with van der Waals surface area (Å²) in [5.41, 5.74) is 3.48. The van der Waals surface area contributed by atoms with Crippen LogP contribution in [-0.4, -0.2) is 23.9 Å². The van der Waals surface area contributed by atoms with Gasteiger partial charge in [-0.3, -0.25) is 9.69 Å². The highest BCUT2D eigenvalue weighted by atomic mass is 35.5. The van der Waals surface area contributed by atoms with Crippen LogP contribution in [0.15, 0.2) is 54.7 Å². The van der Waals surface area contributed by atoms with Crippen molar-refractivity contribution < 1.29 is 4.79 Å². The van der Waals surface area contributed by atoms with E-state index in [1.54, 1.807) is 4.90 Å². The lowest BCUT2D eigenvalue weighted by atomic mass is 10.1. The molecule has 116 valence electrons. The minimum absolute atomic E-state index is 0.0142. The number of likely N-dealkylation sites (tertiary alicyclic amines) is 1. The van der Waals surface area contributed by atoms with Crippen LogP contribution in [0, 0.1) is 0 Å². The lowest BCUT2D eigenvalue weighted by Crippen LogP contribution is -2.21. The zero-order chi connectivity index (χ0) is 15.8. The molecule has 0 unspecified atom stereocenters. The molecule has 4 rings (SSSR count). The Morgan fingerprint density at radius 1 is 1.00 bits per heavy atom. The summed E-state index contributed by atoms with van der Waals surface area (Å²) in [4.78, 5) is 17.0. The Bertz CT molecular complexity index is 793. The van der Waals surface area contributed by atoms with Crippen molar-refractivity contribution in [2.45, 2.75) is 12.8 Å². The molecule has 0 atom stereocenters. The summed E-state index contributed by atoms with van der Waals surface area (Å²) in [7, 11) is 0. The van der Waals surface area contributed by atoms with Gasteiger partial charge in [0.1, 0.15) is 0 Å². The number of carbonyl (C=O) groups is 1. The Kier molecular flexibility index (Phi) is 3.58.